The molecule has 23 rings (SSSR count). The van der Waals surface area contributed by atoms with Crippen molar-refractivity contribution in [3.8, 4) is 124 Å². The molecule has 12 nitrogen and oxygen atoms in total. The number of nitrogens with zero attached hydrogens (tertiary/aromatic N) is 6. The van der Waals surface area contributed by atoms with Crippen molar-refractivity contribution in [2.24, 2.45) is 0 Å². The molecule has 0 N–H and O–H groups in total. The van der Waals surface area contributed by atoms with Gasteiger partial charge in [-0.15, -0.1) is 0 Å². The predicted molar refractivity (Wildman–Crippen MR) is 496 cm³/mol. The van der Waals surface area contributed by atoms with Crippen molar-refractivity contribution in [1.29, 1.82) is 0 Å². The summed E-state index contributed by atoms with van der Waals surface area (Å²) in [6.45, 7) is 8.38. The van der Waals surface area contributed by atoms with E-state index in [0.29, 0.717) is 29.1 Å². The van der Waals surface area contributed by atoms with Crippen molar-refractivity contribution < 1.29 is 27.0 Å². The van der Waals surface area contributed by atoms with Gasteiger partial charge in [0, 0.05) is 82.0 Å². The van der Waals surface area contributed by atoms with Crippen LogP contribution >= 0.6 is 11.6 Å². The Morgan fingerprint density at radius 3 is 0.975 bits per heavy atom. The first kappa shape index (κ1) is 74.6. The Kier molecular flexibility index (Phi) is 19.0. The van der Waals surface area contributed by atoms with Gasteiger partial charge in [-0.2, -0.15) is 9.97 Å². The van der Waals surface area contributed by atoms with Gasteiger partial charge in [0.1, 0.15) is 44.7 Å². The average molecular weight is 1600 g/mol. The van der Waals surface area contributed by atoms with E-state index in [1.807, 2.05) is 164 Å². The van der Waals surface area contributed by atoms with Gasteiger partial charge < -0.3 is 27.0 Å². The van der Waals surface area contributed by atoms with Crippen LogP contribution in [0.2, 0.25) is 5.28 Å². The summed E-state index contributed by atoms with van der Waals surface area (Å²) >= 11 is 6.19. The molecule has 22 aromatic rings. The molecule has 0 bridgehead atoms. The summed E-state index contributed by atoms with van der Waals surface area (Å²) in [6, 6.07) is 128. The van der Waals surface area contributed by atoms with Crippen LogP contribution in [-0.2, 0) is 9.31 Å². The van der Waals surface area contributed by atoms with Crippen LogP contribution in [0.5, 0.6) is 0 Å². The van der Waals surface area contributed by atoms with Crippen molar-refractivity contribution in [2.45, 2.75) is 38.9 Å². The summed E-state index contributed by atoms with van der Waals surface area (Å²) in [4.78, 5) is 28.9. The Morgan fingerprint density at radius 1 is 0.221 bits per heavy atom. The highest BCUT2D eigenvalue weighted by molar-refractivity contribution is 6.66. The van der Waals surface area contributed by atoms with Gasteiger partial charge in [-0.3, -0.25) is 0 Å². The smallest absolute Gasteiger partial charge is 0.455 e. The molecule has 1 fully saturated rings. The lowest BCUT2D eigenvalue weighted by molar-refractivity contribution is 0.00578. The molecule has 0 saturated carbocycles. The SMILES string of the molecule is CC1(C)OB(c2ccc(-c3ccccc3)c3oc4c(-c5ccccc5)cc(-c5ccccc5)cc4c23)OC1(C)C.Clc1nc(-c2ccccc2)nc(-c2cccc3c2oc2ccccc23)n1.c1ccc(-c2cc(-c3ccccc3)c3oc4c(-c5ccccc5)ccc(-c5nc(-c6ccccc6)nc(-c6cccc7c6oc6ccccc67)n5)c4c3c2)cc1. The summed E-state index contributed by atoms with van der Waals surface area (Å²) in [7, 11) is -0.515. The summed E-state index contributed by atoms with van der Waals surface area (Å²) in [5, 5.41) is 8.31. The molecule has 0 unspecified atom stereocenters. The minimum absolute atomic E-state index is 0.155. The monoisotopic (exact) mass is 1600 g/mol. The van der Waals surface area contributed by atoms with E-state index in [1.54, 1.807) is 0 Å². The number of rotatable bonds is 12. The molecule has 582 valence electrons. The molecule has 7 heterocycles. The van der Waals surface area contributed by atoms with Crippen LogP contribution < -0.4 is 5.46 Å². The lowest BCUT2D eigenvalue weighted by Gasteiger charge is -2.32. The molecule has 14 heteroatoms. The van der Waals surface area contributed by atoms with E-state index in [4.69, 9.17) is 53.5 Å². The van der Waals surface area contributed by atoms with Crippen molar-refractivity contribution in [3.63, 3.8) is 0 Å². The van der Waals surface area contributed by atoms with Gasteiger partial charge in [0.05, 0.1) is 22.3 Å². The molecule has 1 aliphatic heterocycles. The van der Waals surface area contributed by atoms with Crippen LogP contribution in [0.1, 0.15) is 27.7 Å². The second kappa shape index (κ2) is 31.1. The molecule has 0 aliphatic carbocycles. The van der Waals surface area contributed by atoms with E-state index < -0.39 is 18.3 Å². The highest BCUT2D eigenvalue weighted by Crippen LogP contribution is 2.49. The molecule has 1 saturated heterocycles. The Hall–Kier alpha value is -15.0. The third-order valence-electron chi connectivity index (χ3n) is 23.4. The van der Waals surface area contributed by atoms with Crippen LogP contribution in [0, 0.1) is 0 Å². The number of benzene rings is 16. The van der Waals surface area contributed by atoms with Crippen molar-refractivity contribution in [3.05, 3.63) is 381 Å². The van der Waals surface area contributed by atoms with Gasteiger partial charge >= 0.3 is 7.12 Å². The Labute approximate surface area is 708 Å². The number of para-hydroxylation sites is 4. The maximum absolute atomic E-state index is 7.11. The zero-order valence-electron chi connectivity index (χ0n) is 66.9. The average Bonchev–Trinajstić information content (AvgIpc) is 1.57. The number of fused-ring (bicyclic) bond motifs is 12. The van der Waals surface area contributed by atoms with E-state index >= 15 is 0 Å². The highest BCUT2D eigenvalue weighted by atomic mass is 35.5. The largest absolute Gasteiger partial charge is 0.495 e. The summed E-state index contributed by atoms with van der Waals surface area (Å²) < 4.78 is 39.8. The van der Waals surface area contributed by atoms with Gasteiger partial charge in [-0.05, 0) is 150 Å². The van der Waals surface area contributed by atoms with Crippen molar-refractivity contribution in [1.82, 2.24) is 29.9 Å². The number of hydrogen-bond donors (Lipinski definition) is 0. The maximum Gasteiger partial charge on any atom is 0.495 e. The van der Waals surface area contributed by atoms with Gasteiger partial charge in [0.25, 0.3) is 0 Å². The number of hydrogen-bond acceptors (Lipinski definition) is 12. The standard InChI is InChI=1S/C51H31N3O2.C36H31BO3.C21H12ClN3O/c1-5-16-32(17-6-1)36-30-42(34-20-9-3-10-21-34)47-43(31-36)45-40(29-28-37(48(45)56-47)33-18-7-2-8-19-33)50-52-49(35-22-11-4-12-23-35)53-51(54-50)41-26-15-25-39-38-24-13-14-27-44(38)55-46(39)41;1-35(2)36(3,4)40-37(39-35)31-21-20-28(25-16-10-6-11-17-25)34-32(31)30-23-27(24-14-8-5-9-15-24)22-29(33(30)38-34)26-18-12-7-13-19-26;22-21-24-19(13-7-2-1-3-8-13)23-20(25-21)16-11-6-10-15-14-9-4-5-12-17(14)26-18(15)16/h1-31H;5-23H,1-4H3;1-12H. The van der Waals surface area contributed by atoms with E-state index in [1.165, 1.54) is 0 Å². The van der Waals surface area contributed by atoms with Crippen LogP contribution in [0.15, 0.2) is 394 Å². The fourth-order valence-electron chi connectivity index (χ4n) is 16.7. The number of aromatic nitrogens is 6. The van der Waals surface area contributed by atoms with Gasteiger partial charge in [0.15, 0.2) is 29.1 Å². The van der Waals surface area contributed by atoms with Crippen molar-refractivity contribution in [2.75, 3.05) is 0 Å². The predicted octanol–water partition coefficient (Wildman–Crippen LogP) is 28.3. The molecule has 0 spiro atoms. The first-order chi connectivity index (χ1) is 59.9. The molecule has 0 radical (unpaired) electrons. The Morgan fingerprint density at radius 2 is 0.533 bits per heavy atom. The molecular formula is C108H74BClN6O6. The zero-order chi connectivity index (χ0) is 82.0. The van der Waals surface area contributed by atoms with E-state index in [9.17, 15) is 0 Å². The third-order valence-corrected chi connectivity index (χ3v) is 23.5. The van der Waals surface area contributed by atoms with Gasteiger partial charge in [0.2, 0.25) is 5.28 Å². The number of furan rings is 4. The number of halogens is 1. The first-order valence-electron chi connectivity index (χ1n) is 40.7. The van der Waals surface area contributed by atoms with Gasteiger partial charge in [-0.25, -0.2) is 19.9 Å². The molecule has 0 atom stereocenters. The highest BCUT2D eigenvalue weighted by Gasteiger charge is 2.52. The summed E-state index contributed by atoms with van der Waals surface area (Å²) in [5.74, 6) is 2.67. The molecule has 1 aliphatic rings. The lowest BCUT2D eigenvalue weighted by Crippen LogP contribution is -2.41. The lowest BCUT2D eigenvalue weighted by atomic mass is 9.75. The van der Waals surface area contributed by atoms with Crippen LogP contribution in [0.25, 0.3) is 211 Å². The topological polar surface area (TPSA) is 148 Å². The quantitative estimate of drug-likeness (QED) is 0.107. The molecule has 6 aromatic heterocycles. The summed E-state index contributed by atoms with van der Waals surface area (Å²) in [5.41, 5.74) is 23.7. The normalized spacial score (nSPS) is 13.0. The van der Waals surface area contributed by atoms with Crippen LogP contribution in [0.4, 0.5) is 0 Å². The first-order valence-corrected chi connectivity index (χ1v) is 41.1. The van der Waals surface area contributed by atoms with Crippen LogP contribution in [-0.4, -0.2) is 48.2 Å². The minimum Gasteiger partial charge on any atom is -0.455 e. The fourth-order valence-corrected chi connectivity index (χ4v) is 16.8. The maximum atomic E-state index is 7.11. The zero-order valence-corrected chi connectivity index (χ0v) is 67.6. The van der Waals surface area contributed by atoms with Crippen molar-refractivity contribution >= 4 is 112 Å². The Balaban J connectivity index is 0.000000121. The minimum atomic E-state index is -0.515. The Bertz CT molecular complexity index is 7690. The molecule has 122 heavy (non-hydrogen) atoms. The molecule has 16 aromatic carbocycles. The summed E-state index contributed by atoms with van der Waals surface area (Å²) in [6.07, 6.45) is 0. The second-order valence-electron chi connectivity index (χ2n) is 31.4. The molecule has 0 amide bonds. The molecular weight excluding hydrogens is 1520 g/mol. The third kappa shape index (κ3) is 13.7. The van der Waals surface area contributed by atoms with E-state index in [0.717, 1.165) is 188 Å². The second-order valence-corrected chi connectivity index (χ2v) is 31.7. The van der Waals surface area contributed by atoms with Gasteiger partial charge in [-0.1, -0.05) is 315 Å². The fraction of sp³-hybridized carbons (Fsp3) is 0.0556. The van der Waals surface area contributed by atoms with E-state index in [2.05, 4.69) is 255 Å². The van der Waals surface area contributed by atoms with E-state index in [-0.39, 0.29) is 5.28 Å². The van der Waals surface area contributed by atoms with Crippen LogP contribution in [0.3, 0.4) is 0 Å².